The molecular weight excluding hydrogens is 300 g/mol. The molecule has 0 radical (unpaired) electrons. The summed E-state index contributed by atoms with van der Waals surface area (Å²) in [5, 5.41) is 22.4. The van der Waals surface area contributed by atoms with E-state index >= 15 is 0 Å². The van der Waals surface area contributed by atoms with Gasteiger partial charge < -0.3 is 4.74 Å². The highest BCUT2D eigenvalue weighted by Gasteiger charge is 2.16. The fourth-order valence-electron chi connectivity index (χ4n) is 1.40. The Morgan fingerprint density at radius 2 is 2.33 bits per heavy atom. The molecule has 0 aliphatic carbocycles. The van der Waals surface area contributed by atoms with E-state index in [4.69, 9.17) is 0 Å². The molecule has 0 bridgehead atoms. The van der Waals surface area contributed by atoms with Crippen LogP contribution in [0.25, 0.3) is 0 Å². The summed E-state index contributed by atoms with van der Waals surface area (Å²) in [6.07, 6.45) is 1.40. The summed E-state index contributed by atoms with van der Waals surface area (Å²) in [4.78, 5) is 25.7. The maximum absolute atomic E-state index is 11.2. The molecule has 2 aromatic heterocycles. The minimum atomic E-state index is -0.507. The lowest BCUT2D eigenvalue weighted by molar-refractivity contribution is -0.385. The molecule has 2 heterocycles. The first-order valence-corrected chi connectivity index (χ1v) is 6.44. The van der Waals surface area contributed by atoms with Gasteiger partial charge >= 0.3 is 5.97 Å². The lowest BCUT2D eigenvalue weighted by Crippen LogP contribution is -2.13. The van der Waals surface area contributed by atoms with E-state index < -0.39 is 10.9 Å². The molecule has 0 unspecified atom stereocenters. The van der Waals surface area contributed by atoms with Crippen molar-refractivity contribution in [3.63, 3.8) is 0 Å². The molecule has 0 aliphatic heterocycles. The molecule has 10 nitrogen and oxygen atoms in total. The molecule has 0 spiro atoms. The van der Waals surface area contributed by atoms with E-state index in [-0.39, 0.29) is 17.4 Å². The Morgan fingerprint density at radius 3 is 3.00 bits per heavy atom. The van der Waals surface area contributed by atoms with Gasteiger partial charge in [0.15, 0.2) is 0 Å². The van der Waals surface area contributed by atoms with Crippen molar-refractivity contribution in [2.24, 2.45) is 0 Å². The summed E-state index contributed by atoms with van der Waals surface area (Å²) in [5.41, 5.74) is 0.415. The molecule has 0 atom stereocenters. The summed E-state index contributed by atoms with van der Waals surface area (Å²) < 4.78 is 5.75. The summed E-state index contributed by atoms with van der Waals surface area (Å²) in [5.74, 6) is -0.507. The predicted molar refractivity (Wildman–Crippen MR) is 69.6 cm³/mol. The Balaban J connectivity index is 2.23. The molecular formula is C10H10N6O4S. The highest BCUT2D eigenvalue weighted by Crippen LogP contribution is 2.27. The molecule has 11 heteroatoms. The fourth-order valence-corrected chi connectivity index (χ4v) is 2.14. The van der Waals surface area contributed by atoms with E-state index in [1.807, 2.05) is 0 Å². The minimum absolute atomic E-state index is 0.0421. The second-order valence-corrected chi connectivity index (χ2v) is 4.85. The van der Waals surface area contributed by atoms with Crippen LogP contribution < -0.4 is 0 Å². The van der Waals surface area contributed by atoms with Crippen LogP contribution in [0.2, 0.25) is 0 Å². The maximum Gasteiger partial charge on any atom is 0.327 e. The zero-order valence-electron chi connectivity index (χ0n) is 11.1. The molecule has 21 heavy (non-hydrogen) atoms. The molecule has 0 fully saturated rings. The Morgan fingerprint density at radius 1 is 1.57 bits per heavy atom. The van der Waals surface area contributed by atoms with Gasteiger partial charge in [-0.3, -0.25) is 14.9 Å². The van der Waals surface area contributed by atoms with Crippen molar-refractivity contribution >= 4 is 23.4 Å². The number of ether oxygens (including phenoxy) is 1. The van der Waals surface area contributed by atoms with E-state index in [1.54, 1.807) is 6.92 Å². The van der Waals surface area contributed by atoms with Crippen molar-refractivity contribution in [1.29, 1.82) is 0 Å². The van der Waals surface area contributed by atoms with Crippen LogP contribution in [0, 0.1) is 17.0 Å². The van der Waals surface area contributed by atoms with E-state index in [1.165, 1.54) is 24.1 Å². The van der Waals surface area contributed by atoms with Gasteiger partial charge in [0, 0.05) is 17.8 Å². The number of methoxy groups -OCH3 is 1. The minimum Gasteiger partial charge on any atom is -0.468 e. The molecule has 0 aromatic carbocycles. The van der Waals surface area contributed by atoms with E-state index in [9.17, 15) is 14.9 Å². The van der Waals surface area contributed by atoms with Crippen LogP contribution in [0.3, 0.4) is 0 Å². The number of hydrogen-bond donors (Lipinski definition) is 0. The van der Waals surface area contributed by atoms with Gasteiger partial charge in [0.1, 0.15) is 11.6 Å². The third-order valence-corrected chi connectivity index (χ3v) is 3.36. The van der Waals surface area contributed by atoms with Crippen molar-refractivity contribution in [2.45, 2.75) is 23.7 Å². The highest BCUT2D eigenvalue weighted by atomic mass is 32.2. The maximum atomic E-state index is 11.2. The van der Waals surface area contributed by atoms with Crippen molar-refractivity contribution < 1.29 is 14.5 Å². The number of carbonyl (C=O) groups excluding carboxylic acids is 1. The first-order chi connectivity index (χ1) is 10.0. The number of nitrogens with zero attached hydrogens (tertiary/aromatic N) is 6. The van der Waals surface area contributed by atoms with E-state index in [0.717, 1.165) is 11.8 Å². The number of esters is 1. The zero-order chi connectivity index (χ0) is 15.4. The number of carbonyl (C=O) groups is 1. The lowest BCUT2D eigenvalue weighted by atomic mass is 10.3. The van der Waals surface area contributed by atoms with Crippen LogP contribution in [-0.2, 0) is 16.1 Å². The molecule has 0 N–H and O–H groups in total. The monoisotopic (exact) mass is 310 g/mol. The van der Waals surface area contributed by atoms with Gasteiger partial charge in [-0.1, -0.05) is 0 Å². The summed E-state index contributed by atoms with van der Waals surface area (Å²) in [6.45, 7) is 1.45. The van der Waals surface area contributed by atoms with Gasteiger partial charge in [-0.15, -0.1) is 5.10 Å². The lowest BCUT2D eigenvalue weighted by Gasteiger charge is -2.03. The van der Waals surface area contributed by atoms with Gasteiger partial charge in [-0.25, -0.2) is 9.67 Å². The van der Waals surface area contributed by atoms with E-state index in [2.05, 4.69) is 25.2 Å². The molecule has 0 saturated heterocycles. The summed E-state index contributed by atoms with van der Waals surface area (Å²) in [7, 11) is 1.25. The van der Waals surface area contributed by atoms with Gasteiger partial charge in [0.25, 0.3) is 5.69 Å². The Labute approximate surface area is 122 Å². The number of hydrogen-bond acceptors (Lipinski definition) is 9. The topological polar surface area (TPSA) is 126 Å². The molecule has 2 aromatic rings. The second-order valence-electron chi connectivity index (χ2n) is 3.86. The Kier molecular flexibility index (Phi) is 4.42. The summed E-state index contributed by atoms with van der Waals surface area (Å²) in [6, 6.07) is 1.33. The summed E-state index contributed by atoms with van der Waals surface area (Å²) >= 11 is 1.02. The largest absolute Gasteiger partial charge is 0.468 e. The Bertz CT molecular complexity index is 688. The third-order valence-electron chi connectivity index (χ3n) is 2.45. The number of rotatable bonds is 5. The van der Waals surface area contributed by atoms with Gasteiger partial charge in [0.2, 0.25) is 5.16 Å². The Hall–Kier alpha value is -2.56. The standard InChI is InChI=1S/C10H10N6O4S/c1-6-4-11-8(3-7(6)16(18)19)21-10-12-13-14-15(10)5-9(17)20-2/h3-4H,5H2,1-2H3. The number of aromatic nitrogens is 5. The van der Waals surface area contributed by atoms with Crippen LogP contribution in [0.4, 0.5) is 5.69 Å². The first-order valence-electron chi connectivity index (χ1n) is 5.63. The number of tetrazole rings is 1. The molecule has 2 rings (SSSR count). The van der Waals surface area contributed by atoms with Crippen molar-refractivity contribution in [3.8, 4) is 0 Å². The fraction of sp³-hybridized carbons (Fsp3) is 0.300. The van der Waals surface area contributed by atoms with Crippen molar-refractivity contribution in [1.82, 2.24) is 25.2 Å². The van der Waals surface area contributed by atoms with Crippen LogP contribution in [0.1, 0.15) is 5.56 Å². The van der Waals surface area contributed by atoms with Gasteiger partial charge in [-0.2, -0.15) is 0 Å². The van der Waals surface area contributed by atoms with Crippen LogP contribution in [0.5, 0.6) is 0 Å². The highest BCUT2D eigenvalue weighted by molar-refractivity contribution is 7.99. The quantitative estimate of drug-likeness (QED) is 0.443. The van der Waals surface area contributed by atoms with Crippen molar-refractivity contribution in [3.05, 3.63) is 27.9 Å². The predicted octanol–water partition coefficient (Wildman–Crippen LogP) is 0.609. The van der Waals surface area contributed by atoms with Gasteiger partial charge in [0.05, 0.1) is 12.0 Å². The van der Waals surface area contributed by atoms with Gasteiger partial charge in [-0.05, 0) is 29.1 Å². The average Bonchev–Trinajstić information content (AvgIpc) is 2.87. The second kappa shape index (κ2) is 6.26. The van der Waals surface area contributed by atoms with E-state index in [0.29, 0.717) is 10.6 Å². The van der Waals surface area contributed by atoms with Crippen LogP contribution in [-0.4, -0.2) is 43.2 Å². The normalized spacial score (nSPS) is 10.4. The molecule has 0 saturated carbocycles. The number of pyridine rings is 1. The SMILES string of the molecule is COC(=O)Cn1nnnc1Sc1cc([N+](=O)[O-])c(C)cn1. The van der Waals surface area contributed by atoms with Crippen LogP contribution in [0.15, 0.2) is 22.4 Å². The zero-order valence-corrected chi connectivity index (χ0v) is 11.9. The van der Waals surface area contributed by atoms with Crippen LogP contribution >= 0.6 is 11.8 Å². The molecule has 0 aliphatic rings. The molecule has 110 valence electrons. The average molecular weight is 310 g/mol. The smallest absolute Gasteiger partial charge is 0.327 e. The number of nitro groups is 1. The first kappa shape index (κ1) is 14.8. The van der Waals surface area contributed by atoms with Crippen molar-refractivity contribution in [2.75, 3.05) is 7.11 Å². The number of aryl methyl sites for hydroxylation is 1. The molecule has 0 amide bonds. The third kappa shape index (κ3) is 3.51.